The summed E-state index contributed by atoms with van der Waals surface area (Å²) in [5, 5.41) is 0.394. The van der Waals surface area contributed by atoms with Gasteiger partial charge in [0.05, 0.1) is 5.02 Å². The first-order valence-corrected chi connectivity index (χ1v) is 9.55. The predicted molar refractivity (Wildman–Crippen MR) is 104 cm³/mol. The molecule has 0 spiro atoms. The van der Waals surface area contributed by atoms with Crippen LogP contribution in [-0.4, -0.2) is 49.6 Å². The Labute approximate surface area is 160 Å². The Hall–Kier alpha value is -1.62. The van der Waals surface area contributed by atoms with E-state index in [0.717, 1.165) is 38.2 Å². The summed E-state index contributed by atoms with van der Waals surface area (Å²) in [7, 11) is 2.18. The maximum atomic E-state index is 13.8. The molecule has 0 aromatic heterocycles. The number of rotatable bonds is 7. The van der Waals surface area contributed by atoms with E-state index in [1.165, 1.54) is 24.7 Å². The van der Waals surface area contributed by atoms with Crippen molar-refractivity contribution >= 4 is 11.6 Å². The summed E-state index contributed by atoms with van der Waals surface area (Å²) < 4.78 is 19.4. The number of ether oxygens (including phenoxy) is 1. The molecule has 5 heteroatoms. The SMILES string of the molecule is CN1CCN(CCCc2ccc(OCc3c(F)cccc3Cl)cc2)CC1. The molecular weight excluding hydrogens is 351 g/mol. The van der Waals surface area contributed by atoms with Crippen LogP contribution in [0.1, 0.15) is 17.5 Å². The molecule has 2 aromatic carbocycles. The average molecular weight is 377 g/mol. The zero-order valence-electron chi connectivity index (χ0n) is 15.3. The minimum absolute atomic E-state index is 0.133. The summed E-state index contributed by atoms with van der Waals surface area (Å²) in [6.45, 7) is 5.95. The number of hydrogen-bond acceptors (Lipinski definition) is 3. The number of nitrogens with zero attached hydrogens (tertiary/aromatic N) is 2. The highest BCUT2D eigenvalue weighted by Gasteiger charge is 2.13. The van der Waals surface area contributed by atoms with Gasteiger partial charge in [0.15, 0.2) is 0 Å². The van der Waals surface area contributed by atoms with Crippen LogP contribution in [0.15, 0.2) is 42.5 Å². The van der Waals surface area contributed by atoms with Crippen LogP contribution in [0.3, 0.4) is 0 Å². The van der Waals surface area contributed by atoms with Gasteiger partial charge in [-0.1, -0.05) is 29.8 Å². The van der Waals surface area contributed by atoms with Crippen molar-refractivity contribution < 1.29 is 9.13 Å². The molecule has 1 aliphatic heterocycles. The van der Waals surface area contributed by atoms with Crippen LogP contribution in [0.2, 0.25) is 5.02 Å². The monoisotopic (exact) mass is 376 g/mol. The lowest BCUT2D eigenvalue weighted by Crippen LogP contribution is -2.44. The molecule has 0 bridgehead atoms. The smallest absolute Gasteiger partial charge is 0.131 e. The van der Waals surface area contributed by atoms with Crippen molar-refractivity contribution in [3.05, 3.63) is 64.4 Å². The molecule has 140 valence electrons. The van der Waals surface area contributed by atoms with E-state index in [9.17, 15) is 4.39 Å². The molecule has 0 amide bonds. The van der Waals surface area contributed by atoms with E-state index in [-0.39, 0.29) is 12.4 Å². The number of benzene rings is 2. The molecule has 2 aromatic rings. The molecule has 0 N–H and O–H groups in total. The average Bonchev–Trinajstić information content (AvgIpc) is 2.64. The van der Waals surface area contributed by atoms with Gasteiger partial charge in [0.2, 0.25) is 0 Å². The Morgan fingerprint density at radius 3 is 2.46 bits per heavy atom. The van der Waals surface area contributed by atoms with Crippen molar-refractivity contribution in [2.45, 2.75) is 19.4 Å². The summed E-state index contributed by atoms with van der Waals surface area (Å²) >= 11 is 6.02. The van der Waals surface area contributed by atoms with Crippen LogP contribution in [0.5, 0.6) is 5.75 Å². The molecule has 1 fully saturated rings. The molecular formula is C21H26ClFN2O. The largest absolute Gasteiger partial charge is 0.489 e. The molecule has 3 nitrogen and oxygen atoms in total. The first-order valence-electron chi connectivity index (χ1n) is 9.17. The number of aryl methyl sites for hydroxylation is 1. The van der Waals surface area contributed by atoms with Gasteiger partial charge < -0.3 is 14.5 Å². The second-order valence-electron chi connectivity index (χ2n) is 6.88. The van der Waals surface area contributed by atoms with Crippen molar-refractivity contribution in [3.8, 4) is 5.75 Å². The fraction of sp³-hybridized carbons (Fsp3) is 0.429. The van der Waals surface area contributed by atoms with Crippen LogP contribution in [0, 0.1) is 5.82 Å². The molecule has 0 aliphatic carbocycles. The summed E-state index contributed by atoms with van der Waals surface area (Å²) in [5.41, 5.74) is 1.70. The zero-order valence-corrected chi connectivity index (χ0v) is 16.0. The highest BCUT2D eigenvalue weighted by Crippen LogP contribution is 2.22. The van der Waals surface area contributed by atoms with Crippen LogP contribution >= 0.6 is 11.6 Å². The molecule has 0 radical (unpaired) electrons. The molecule has 0 unspecified atom stereocenters. The first-order chi connectivity index (χ1) is 12.6. The molecule has 1 aliphatic rings. The predicted octanol–water partition coefficient (Wildman–Crippen LogP) is 4.24. The minimum atomic E-state index is -0.335. The molecule has 3 rings (SSSR count). The van der Waals surface area contributed by atoms with Crippen molar-refractivity contribution in [1.82, 2.24) is 9.80 Å². The van der Waals surface area contributed by atoms with Crippen LogP contribution < -0.4 is 4.74 Å². The maximum Gasteiger partial charge on any atom is 0.131 e. The second-order valence-corrected chi connectivity index (χ2v) is 7.29. The van der Waals surface area contributed by atoms with Crippen molar-refractivity contribution in [3.63, 3.8) is 0 Å². The topological polar surface area (TPSA) is 15.7 Å². The van der Waals surface area contributed by atoms with Gasteiger partial charge in [0, 0.05) is 31.7 Å². The molecule has 1 saturated heterocycles. The van der Waals surface area contributed by atoms with E-state index in [1.807, 2.05) is 12.1 Å². The van der Waals surface area contributed by atoms with Gasteiger partial charge in [0.1, 0.15) is 18.2 Å². The lowest BCUT2D eigenvalue weighted by Gasteiger charge is -2.32. The Morgan fingerprint density at radius 1 is 1.04 bits per heavy atom. The lowest BCUT2D eigenvalue weighted by molar-refractivity contribution is 0.153. The molecule has 1 heterocycles. The fourth-order valence-electron chi connectivity index (χ4n) is 3.16. The van der Waals surface area contributed by atoms with Gasteiger partial charge >= 0.3 is 0 Å². The Kier molecular flexibility index (Phi) is 6.89. The van der Waals surface area contributed by atoms with Crippen molar-refractivity contribution in [1.29, 1.82) is 0 Å². The summed E-state index contributed by atoms with van der Waals surface area (Å²) in [6, 6.07) is 12.7. The van der Waals surface area contributed by atoms with Crippen molar-refractivity contribution in [2.75, 3.05) is 39.8 Å². The van der Waals surface area contributed by atoms with E-state index in [0.29, 0.717) is 10.6 Å². The van der Waals surface area contributed by atoms with Crippen LogP contribution in [0.25, 0.3) is 0 Å². The van der Waals surface area contributed by atoms with E-state index >= 15 is 0 Å². The third-order valence-corrected chi connectivity index (χ3v) is 5.26. The van der Waals surface area contributed by atoms with Crippen LogP contribution in [-0.2, 0) is 13.0 Å². The third kappa shape index (κ3) is 5.44. The Morgan fingerprint density at radius 2 is 1.77 bits per heavy atom. The molecule has 26 heavy (non-hydrogen) atoms. The summed E-state index contributed by atoms with van der Waals surface area (Å²) in [6.07, 6.45) is 2.22. The maximum absolute atomic E-state index is 13.8. The number of likely N-dealkylation sites (N-methyl/N-ethyl adjacent to an activating group) is 1. The van der Waals surface area contributed by atoms with E-state index in [1.54, 1.807) is 12.1 Å². The highest BCUT2D eigenvalue weighted by atomic mass is 35.5. The first kappa shape index (κ1) is 19.2. The van der Waals surface area contributed by atoms with Gasteiger partial charge in [-0.25, -0.2) is 4.39 Å². The Balaban J connectivity index is 1.43. The van der Waals surface area contributed by atoms with Gasteiger partial charge in [-0.15, -0.1) is 0 Å². The summed E-state index contributed by atoms with van der Waals surface area (Å²) in [4.78, 5) is 4.92. The van der Waals surface area contributed by atoms with E-state index in [4.69, 9.17) is 16.3 Å². The fourth-order valence-corrected chi connectivity index (χ4v) is 3.37. The van der Waals surface area contributed by atoms with Crippen LogP contribution in [0.4, 0.5) is 4.39 Å². The van der Waals surface area contributed by atoms with Gasteiger partial charge in [0.25, 0.3) is 0 Å². The number of piperazine rings is 1. The standard InChI is InChI=1S/C21H26ClFN2O/c1-24-12-14-25(15-13-24)11-3-4-17-7-9-18(10-8-17)26-16-19-20(22)5-2-6-21(19)23/h2,5-10H,3-4,11-16H2,1H3. The molecule has 0 saturated carbocycles. The van der Waals surface area contributed by atoms with E-state index in [2.05, 4.69) is 29.0 Å². The quantitative estimate of drug-likeness (QED) is 0.718. The third-order valence-electron chi connectivity index (χ3n) is 4.90. The zero-order chi connectivity index (χ0) is 18.4. The highest BCUT2D eigenvalue weighted by molar-refractivity contribution is 6.31. The number of hydrogen-bond donors (Lipinski definition) is 0. The Bertz CT molecular complexity index is 679. The van der Waals surface area contributed by atoms with Gasteiger partial charge in [-0.2, -0.15) is 0 Å². The lowest BCUT2D eigenvalue weighted by atomic mass is 10.1. The van der Waals surface area contributed by atoms with E-state index < -0.39 is 0 Å². The van der Waals surface area contributed by atoms with Gasteiger partial charge in [-0.05, 0) is 56.3 Å². The second kappa shape index (κ2) is 9.36. The molecule has 0 atom stereocenters. The number of halogens is 2. The van der Waals surface area contributed by atoms with Gasteiger partial charge in [-0.3, -0.25) is 0 Å². The summed E-state index contributed by atoms with van der Waals surface area (Å²) in [5.74, 6) is 0.394. The van der Waals surface area contributed by atoms with Crippen molar-refractivity contribution in [2.24, 2.45) is 0 Å². The normalized spacial score (nSPS) is 16.0. The minimum Gasteiger partial charge on any atom is -0.489 e.